The molecule has 8 nitrogen and oxygen atoms in total. The molecule has 0 aromatic carbocycles. The van der Waals surface area contributed by atoms with E-state index in [1.54, 1.807) is 13.8 Å². The highest BCUT2D eigenvalue weighted by molar-refractivity contribution is 7.89. The first kappa shape index (κ1) is 18.6. The molecule has 1 aromatic heterocycles. The number of sulfonamides is 1. The van der Waals surface area contributed by atoms with Crippen molar-refractivity contribution >= 4 is 21.8 Å². The van der Waals surface area contributed by atoms with Crippen LogP contribution in [0.2, 0.25) is 0 Å². The normalized spacial score (nSPS) is 24.2. The Morgan fingerprint density at radius 1 is 1.15 bits per heavy atom. The molecule has 1 N–H and O–H groups in total. The molecular formula is C18H26N4O4S. The summed E-state index contributed by atoms with van der Waals surface area (Å²) in [6, 6.07) is 0. The third-order valence-electron chi connectivity index (χ3n) is 6.11. The van der Waals surface area contributed by atoms with E-state index < -0.39 is 15.6 Å². The van der Waals surface area contributed by atoms with Gasteiger partial charge in [-0.3, -0.25) is 9.79 Å². The Bertz CT molecular complexity index is 856. The van der Waals surface area contributed by atoms with E-state index in [4.69, 9.17) is 9.52 Å². The molecule has 3 heterocycles. The summed E-state index contributed by atoms with van der Waals surface area (Å²) >= 11 is 0. The van der Waals surface area contributed by atoms with Crippen LogP contribution in [0.5, 0.6) is 0 Å². The van der Waals surface area contributed by atoms with Crippen molar-refractivity contribution in [2.45, 2.75) is 69.2 Å². The van der Waals surface area contributed by atoms with Gasteiger partial charge in [-0.1, -0.05) is 24.4 Å². The Labute approximate surface area is 159 Å². The number of nitrogens with zero attached hydrogens (tertiary/aromatic N) is 3. The van der Waals surface area contributed by atoms with Gasteiger partial charge in [-0.05, 0) is 39.5 Å². The summed E-state index contributed by atoms with van der Waals surface area (Å²) in [6.45, 7) is 3.76. The molecule has 2 aliphatic heterocycles. The molecule has 0 unspecified atom stereocenters. The number of piperidine rings is 1. The van der Waals surface area contributed by atoms with Crippen LogP contribution in [0.4, 0.5) is 0 Å². The maximum absolute atomic E-state index is 13.0. The summed E-state index contributed by atoms with van der Waals surface area (Å²) in [4.78, 5) is 17.6. The van der Waals surface area contributed by atoms with E-state index in [0.717, 1.165) is 18.7 Å². The molecular weight excluding hydrogens is 368 g/mol. The first-order valence-corrected chi connectivity index (χ1v) is 11.1. The molecule has 0 radical (unpaired) electrons. The fourth-order valence-corrected chi connectivity index (χ4v) is 6.25. The third kappa shape index (κ3) is 3.10. The second-order valence-corrected chi connectivity index (χ2v) is 9.75. The average Bonchev–Trinajstić information content (AvgIpc) is 3.16. The van der Waals surface area contributed by atoms with Crippen LogP contribution in [0.15, 0.2) is 14.4 Å². The van der Waals surface area contributed by atoms with Gasteiger partial charge in [0, 0.05) is 19.0 Å². The van der Waals surface area contributed by atoms with Crippen LogP contribution in [0, 0.1) is 19.8 Å². The van der Waals surface area contributed by atoms with E-state index in [9.17, 15) is 13.2 Å². The number of hydrogen-bond donors (Lipinski definition) is 1. The minimum Gasteiger partial charge on any atom is -0.360 e. The minimum absolute atomic E-state index is 0.0718. The zero-order valence-electron chi connectivity index (χ0n) is 15.8. The molecule has 1 saturated heterocycles. The Kier molecular flexibility index (Phi) is 4.62. The number of amides is 1. The highest BCUT2D eigenvalue weighted by atomic mass is 32.2. The predicted molar refractivity (Wildman–Crippen MR) is 98.9 cm³/mol. The summed E-state index contributed by atoms with van der Waals surface area (Å²) in [5, 5.41) is 6.76. The van der Waals surface area contributed by atoms with Crippen molar-refractivity contribution < 1.29 is 17.7 Å². The molecule has 148 valence electrons. The van der Waals surface area contributed by atoms with Crippen LogP contribution >= 0.6 is 0 Å². The van der Waals surface area contributed by atoms with Gasteiger partial charge < -0.3 is 9.84 Å². The number of rotatable bonds is 3. The quantitative estimate of drug-likeness (QED) is 0.843. The molecule has 1 saturated carbocycles. The van der Waals surface area contributed by atoms with Crippen LogP contribution in [-0.4, -0.2) is 48.3 Å². The molecule has 1 amide bonds. The van der Waals surface area contributed by atoms with E-state index in [1.807, 2.05) is 0 Å². The fraction of sp³-hybridized carbons (Fsp3) is 0.722. The van der Waals surface area contributed by atoms with Crippen molar-refractivity contribution in [3.8, 4) is 0 Å². The van der Waals surface area contributed by atoms with E-state index in [0.29, 0.717) is 30.2 Å². The van der Waals surface area contributed by atoms with Crippen molar-refractivity contribution in [2.24, 2.45) is 10.9 Å². The lowest BCUT2D eigenvalue weighted by Gasteiger charge is -2.34. The summed E-state index contributed by atoms with van der Waals surface area (Å²) in [7, 11) is -3.68. The molecule has 3 aliphatic rings. The van der Waals surface area contributed by atoms with E-state index in [2.05, 4.69) is 10.5 Å². The molecule has 27 heavy (non-hydrogen) atoms. The van der Waals surface area contributed by atoms with Gasteiger partial charge in [-0.15, -0.1) is 0 Å². The summed E-state index contributed by atoms with van der Waals surface area (Å²) < 4.78 is 32.4. The lowest BCUT2D eigenvalue weighted by atomic mass is 9.88. The topological polar surface area (TPSA) is 105 Å². The number of amidine groups is 1. The summed E-state index contributed by atoms with van der Waals surface area (Å²) in [6.07, 6.45) is 6.54. The van der Waals surface area contributed by atoms with E-state index >= 15 is 0 Å². The zero-order chi connectivity index (χ0) is 19.2. The molecule has 1 spiro atoms. The van der Waals surface area contributed by atoms with Gasteiger partial charge in [0.1, 0.15) is 22.0 Å². The Morgan fingerprint density at radius 2 is 1.81 bits per heavy atom. The van der Waals surface area contributed by atoms with Crippen molar-refractivity contribution in [1.82, 2.24) is 14.8 Å². The first-order chi connectivity index (χ1) is 12.8. The second kappa shape index (κ2) is 6.70. The van der Waals surface area contributed by atoms with Gasteiger partial charge in [-0.25, -0.2) is 8.42 Å². The lowest BCUT2D eigenvalue weighted by Crippen LogP contribution is -2.50. The highest BCUT2D eigenvalue weighted by Gasteiger charge is 2.49. The number of hydrogen-bond acceptors (Lipinski definition) is 6. The summed E-state index contributed by atoms with van der Waals surface area (Å²) in [5.41, 5.74) is -0.443. The number of aliphatic imine (C=N–C) groups is 1. The summed E-state index contributed by atoms with van der Waals surface area (Å²) in [5.74, 6) is 1.38. The standard InChI is InChI=1S/C18H26N4O4S/c1-12-15(13(2)26-21-12)27(24,25)22-10-8-18(9-11-22)17(23)19-16(20-18)14-6-4-3-5-7-14/h14H,3-11H2,1-2H3,(H,19,20,23). The largest absolute Gasteiger partial charge is 0.360 e. The van der Waals surface area contributed by atoms with Crippen LogP contribution < -0.4 is 5.32 Å². The van der Waals surface area contributed by atoms with Gasteiger partial charge in [-0.2, -0.15) is 4.31 Å². The van der Waals surface area contributed by atoms with E-state index in [-0.39, 0.29) is 23.9 Å². The van der Waals surface area contributed by atoms with Gasteiger partial charge in [0.2, 0.25) is 10.0 Å². The molecule has 1 aromatic rings. The zero-order valence-corrected chi connectivity index (χ0v) is 16.6. The Balaban J connectivity index is 1.51. The molecule has 2 fully saturated rings. The molecule has 9 heteroatoms. The monoisotopic (exact) mass is 394 g/mol. The number of aromatic nitrogens is 1. The molecule has 0 bridgehead atoms. The number of aryl methyl sites for hydroxylation is 2. The number of nitrogens with one attached hydrogen (secondary N) is 1. The Hall–Kier alpha value is -1.74. The van der Waals surface area contributed by atoms with Gasteiger partial charge in [0.05, 0.1) is 0 Å². The fourth-order valence-electron chi connectivity index (χ4n) is 4.52. The average molecular weight is 394 g/mol. The van der Waals surface area contributed by atoms with Crippen LogP contribution in [0.25, 0.3) is 0 Å². The number of carbonyl (C=O) groups excluding carboxylic acids is 1. The Morgan fingerprint density at radius 3 is 2.41 bits per heavy atom. The van der Waals surface area contributed by atoms with Gasteiger partial charge in [0.25, 0.3) is 5.91 Å². The van der Waals surface area contributed by atoms with Gasteiger partial charge in [0.15, 0.2) is 5.76 Å². The van der Waals surface area contributed by atoms with Crippen molar-refractivity contribution in [3.63, 3.8) is 0 Å². The maximum atomic E-state index is 13.0. The highest BCUT2D eigenvalue weighted by Crippen LogP contribution is 2.36. The molecule has 0 atom stereocenters. The van der Waals surface area contributed by atoms with E-state index in [1.165, 1.54) is 23.6 Å². The van der Waals surface area contributed by atoms with Crippen molar-refractivity contribution in [2.75, 3.05) is 13.1 Å². The SMILES string of the molecule is Cc1noc(C)c1S(=O)(=O)N1CCC2(CC1)N=C(C1CCCCC1)NC2=O. The lowest BCUT2D eigenvalue weighted by molar-refractivity contribution is -0.125. The second-order valence-electron chi connectivity index (χ2n) is 7.88. The first-order valence-electron chi connectivity index (χ1n) is 9.68. The molecule has 4 rings (SSSR count). The van der Waals surface area contributed by atoms with Crippen LogP contribution in [0.3, 0.4) is 0 Å². The molecule has 1 aliphatic carbocycles. The maximum Gasteiger partial charge on any atom is 0.253 e. The van der Waals surface area contributed by atoms with Crippen LogP contribution in [0.1, 0.15) is 56.4 Å². The third-order valence-corrected chi connectivity index (χ3v) is 8.25. The van der Waals surface area contributed by atoms with Crippen molar-refractivity contribution in [3.05, 3.63) is 11.5 Å². The minimum atomic E-state index is -3.68. The van der Waals surface area contributed by atoms with Crippen LogP contribution in [-0.2, 0) is 14.8 Å². The van der Waals surface area contributed by atoms with Gasteiger partial charge >= 0.3 is 0 Å². The van der Waals surface area contributed by atoms with Crippen molar-refractivity contribution in [1.29, 1.82) is 0 Å². The smallest absolute Gasteiger partial charge is 0.253 e. The predicted octanol–water partition coefficient (Wildman–Crippen LogP) is 1.92. The number of carbonyl (C=O) groups is 1.